The Morgan fingerprint density at radius 3 is 1.97 bits per heavy atom. The molecule has 1 heterocycles. The first-order chi connectivity index (χ1) is 18.4. The second-order valence-corrected chi connectivity index (χ2v) is 10.9. The molecule has 0 radical (unpaired) electrons. The number of hydrogen-bond acceptors (Lipinski definition) is 3. The van der Waals surface area contributed by atoms with Crippen molar-refractivity contribution in [3.05, 3.63) is 130 Å². The van der Waals surface area contributed by atoms with Gasteiger partial charge in [-0.05, 0) is 66.8 Å². The fourth-order valence-corrected chi connectivity index (χ4v) is 7.15. The minimum atomic E-state index is -0.850. The maximum atomic E-state index is 14.5. The van der Waals surface area contributed by atoms with Crippen LogP contribution in [0.3, 0.4) is 0 Å². The molecule has 2 bridgehead atoms. The van der Waals surface area contributed by atoms with Crippen molar-refractivity contribution >= 4 is 29.4 Å². The third-order valence-electron chi connectivity index (χ3n) is 8.73. The van der Waals surface area contributed by atoms with E-state index in [0.717, 1.165) is 44.6 Å². The van der Waals surface area contributed by atoms with Crippen LogP contribution in [0.4, 0.5) is 11.4 Å². The highest BCUT2D eigenvalue weighted by Gasteiger charge is 2.68. The highest BCUT2D eigenvalue weighted by molar-refractivity contribution is 6.25. The molecule has 0 N–H and O–H groups in total. The Morgan fingerprint density at radius 2 is 1.34 bits per heavy atom. The number of amides is 2. The average Bonchev–Trinajstić information content (AvgIpc) is 3.19. The number of imide groups is 1. The summed E-state index contributed by atoms with van der Waals surface area (Å²) in [5.41, 5.74) is 8.23. The van der Waals surface area contributed by atoms with Crippen LogP contribution in [0, 0.1) is 32.6 Å². The summed E-state index contributed by atoms with van der Waals surface area (Å²) in [5, 5.41) is 0. The van der Waals surface area contributed by atoms with Crippen molar-refractivity contribution < 1.29 is 9.59 Å². The summed E-state index contributed by atoms with van der Waals surface area (Å²) in [7, 11) is 0. The number of aryl methyl sites for hydroxylation is 3. The lowest BCUT2D eigenvalue weighted by atomic mass is 9.47. The van der Waals surface area contributed by atoms with Crippen LogP contribution in [-0.2, 0) is 15.0 Å². The summed E-state index contributed by atoms with van der Waals surface area (Å²) in [6.07, 6.45) is 1.96. The molecule has 4 aromatic carbocycles. The van der Waals surface area contributed by atoms with Gasteiger partial charge in [0.25, 0.3) is 0 Å². The van der Waals surface area contributed by atoms with Gasteiger partial charge in [0, 0.05) is 12.1 Å². The molecule has 4 heteroatoms. The van der Waals surface area contributed by atoms with Crippen LogP contribution < -0.4 is 4.90 Å². The molecule has 2 amide bonds. The van der Waals surface area contributed by atoms with E-state index in [1.54, 1.807) is 0 Å². The van der Waals surface area contributed by atoms with Gasteiger partial charge in [-0.2, -0.15) is 0 Å². The van der Waals surface area contributed by atoms with Crippen LogP contribution in [-0.4, -0.2) is 18.0 Å². The monoisotopic (exact) mass is 496 g/mol. The molecule has 3 aliphatic carbocycles. The minimum absolute atomic E-state index is 0.117. The highest BCUT2D eigenvalue weighted by atomic mass is 16.2. The lowest BCUT2D eigenvalue weighted by molar-refractivity contribution is -0.122. The van der Waals surface area contributed by atoms with Gasteiger partial charge in [-0.25, -0.2) is 4.90 Å². The van der Waals surface area contributed by atoms with E-state index < -0.39 is 17.3 Å². The van der Waals surface area contributed by atoms with E-state index in [4.69, 9.17) is 4.99 Å². The molecule has 1 fully saturated rings. The molecule has 0 spiro atoms. The van der Waals surface area contributed by atoms with Gasteiger partial charge in [0.1, 0.15) is 0 Å². The second kappa shape index (κ2) is 8.09. The molecule has 1 saturated heterocycles. The first-order valence-electron chi connectivity index (χ1n) is 13.2. The van der Waals surface area contributed by atoms with E-state index in [-0.39, 0.29) is 17.7 Å². The van der Waals surface area contributed by atoms with Crippen molar-refractivity contribution in [2.24, 2.45) is 16.8 Å². The molecule has 4 nitrogen and oxygen atoms in total. The number of rotatable bonds is 3. The molecule has 186 valence electrons. The molecule has 38 heavy (non-hydrogen) atoms. The molecule has 0 unspecified atom stereocenters. The zero-order valence-electron chi connectivity index (χ0n) is 21.7. The Balaban J connectivity index is 1.50. The Bertz CT molecular complexity index is 1620. The molecule has 1 aliphatic heterocycles. The highest BCUT2D eigenvalue weighted by Crippen LogP contribution is 2.63. The van der Waals surface area contributed by atoms with Gasteiger partial charge >= 0.3 is 0 Å². The number of aliphatic imine (C=N–C) groups is 1. The van der Waals surface area contributed by atoms with Crippen LogP contribution in [0.1, 0.15) is 44.9 Å². The molecule has 0 aromatic heterocycles. The summed E-state index contributed by atoms with van der Waals surface area (Å²) in [6, 6.07) is 30.6. The lowest BCUT2D eigenvalue weighted by Gasteiger charge is -2.52. The standard InChI is InChI=1S/C34H28N2O2/c1-20-12-15-23(16-13-20)35-19-34-26-10-6-4-8-24(26)29(25-9-5-7-11-27(25)34)30-31(34)33(38)36(32(30)37)28-17-14-21(2)18-22(28)3/h4-19,29-31H,1-3H3/t29?,30-,31-,34?/m1/s1. The van der Waals surface area contributed by atoms with Crippen LogP contribution in [0.2, 0.25) is 0 Å². The Kier molecular flexibility index (Phi) is 4.87. The fraction of sp³-hybridized carbons (Fsp3) is 0.206. The number of carbonyl (C=O) groups excluding carboxylic acids is 2. The Morgan fingerprint density at radius 1 is 0.737 bits per heavy atom. The van der Waals surface area contributed by atoms with Crippen molar-refractivity contribution in [2.75, 3.05) is 4.90 Å². The van der Waals surface area contributed by atoms with E-state index in [1.807, 2.05) is 86.8 Å². The van der Waals surface area contributed by atoms with Gasteiger partial charge in [-0.3, -0.25) is 14.6 Å². The smallest absolute Gasteiger partial charge is 0.239 e. The van der Waals surface area contributed by atoms with Gasteiger partial charge in [-0.1, -0.05) is 83.9 Å². The second-order valence-electron chi connectivity index (χ2n) is 10.9. The van der Waals surface area contributed by atoms with E-state index in [0.29, 0.717) is 5.69 Å². The minimum Gasteiger partial charge on any atom is -0.274 e. The topological polar surface area (TPSA) is 49.7 Å². The Hall–Kier alpha value is -4.31. The van der Waals surface area contributed by atoms with Gasteiger partial charge in [-0.15, -0.1) is 0 Å². The maximum absolute atomic E-state index is 14.5. The summed E-state index contributed by atoms with van der Waals surface area (Å²) in [5.74, 6) is -1.49. The summed E-state index contributed by atoms with van der Waals surface area (Å²) >= 11 is 0. The molecular weight excluding hydrogens is 468 g/mol. The van der Waals surface area contributed by atoms with Gasteiger partial charge in [0.05, 0.1) is 28.6 Å². The summed E-state index contributed by atoms with van der Waals surface area (Å²) < 4.78 is 0. The average molecular weight is 497 g/mol. The zero-order chi connectivity index (χ0) is 26.2. The van der Waals surface area contributed by atoms with Gasteiger partial charge in [0.2, 0.25) is 11.8 Å². The first-order valence-corrected chi connectivity index (χ1v) is 13.2. The summed E-state index contributed by atoms with van der Waals surface area (Å²) in [6.45, 7) is 6.04. The van der Waals surface area contributed by atoms with Crippen LogP contribution in [0.5, 0.6) is 0 Å². The van der Waals surface area contributed by atoms with Crippen LogP contribution >= 0.6 is 0 Å². The number of hydrogen-bond donors (Lipinski definition) is 0. The predicted molar refractivity (Wildman–Crippen MR) is 150 cm³/mol. The number of nitrogens with zero attached hydrogens (tertiary/aromatic N) is 2. The molecule has 4 aromatic rings. The number of anilines is 1. The SMILES string of the molecule is Cc1ccc(N=CC23c4ccccc4C(c4ccccc42)[C@H]2C(=O)N(c4ccc(C)cc4C)C(=O)[C@@H]23)cc1. The lowest BCUT2D eigenvalue weighted by Crippen LogP contribution is -2.54. The molecule has 0 saturated carbocycles. The van der Waals surface area contributed by atoms with Crippen molar-refractivity contribution in [3.8, 4) is 0 Å². The Labute approximate surface area is 222 Å². The largest absolute Gasteiger partial charge is 0.274 e. The first kappa shape index (κ1) is 22.9. The third-order valence-corrected chi connectivity index (χ3v) is 8.73. The van der Waals surface area contributed by atoms with Crippen molar-refractivity contribution in [2.45, 2.75) is 32.1 Å². The van der Waals surface area contributed by atoms with E-state index in [1.165, 1.54) is 4.90 Å². The van der Waals surface area contributed by atoms with E-state index in [2.05, 4.69) is 31.2 Å². The molecule has 2 atom stereocenters. The van der Waals surface area contributed by atoms with Crippen molar-refractivity contribution in [1.82, 2.24) is 0 Å². The summed E-state index contributed by atoms with van der Waals surface area (Å²) in [4.78, 5) is 35.3. The maximum Gasteiger partial charge on any atom is 0.239 e. The van der Waals surface area contributed by atoms with Crippen LogP contribution in [0.25, 0.3) is 0 Å². The van der Waals surface area contributed by atoms with Crippen molar-refractivity contribution in [1.29, 1.82) is 0 Å². The van der Waals surface area contributed by atoms with Crippen LogP contribution in [0.15, 0.2) is 96.0 Å². The van der Waals surface area contributed by atoms with E-state index in [9.17, 15) is 9.59 Å². The molecule has 8 rings (SSSR count). The molecular formula is C34H28N2O2. The predicted octanol–water partition coefficient (Wildman–Crippen LogP) is 6.57. The normalized spacial score (nSPS) is 25.0. The van der Waals surface area contributed by atoms with Gasteiger partial charge in [0.15, 0.2) is 0 Å². The van der Waals surface area contributed by atoms with Crippen molar-refractivity contribution in [3.63, 3.8) is 0 Å². The zero-order valence-corrected chi connectivity index (χ0v) is 21.7. The fourth-order valence-electron chi connectivity index (χ4n) is 7.15. The van der Waals surface area contributed by atoms with Gasteiger partial charge < -0.3 is 0 Å². The third kappa shape index (κ3) is 2.94. The number of carbonyl (C=O) groups is 2. The molecule has 4 aliphatic rings. The van der Waals surface area contributed by atoms with E-state index >= 15 is 0 Å². The number of benzene rings is 4. The quantitative estimate of drug-likeness (QED) is 0.238.